The molecule has 0 radical (unpaired) electrons. The molecule has 2 aliphatic heterocycles. The molecule has 2 aromatic heterocycles. The Kier molecular flexibility index (Phi) is 7.53. The van der Waals surface area contributed by atoms with E-state index in [2.05, 4.69) is 31.7 Å². The van der Waals surface area contributed by atoms with Gasteiger partial charge in [0.1, 0.15) is 27.6 Å². The van der Waals surface area contributed by atoms with Gasteiger partial charge in [0, 0.05) is 21.5 Å². The van der Waals surface area contributed by atoms with E-state index >= 15 is 0 Å². The summed E-state index contributed by atoms with van der Waals surface area (Å²) in [6.07, 6.45) is 1.33. The number of carbonyl (C=O) groups is 4. The van der Waals surface area contributed by atoms with Gasteiger partial charge in [-0.25, -0.2) is 9.59 Å². The van der Waals surface area contributed by atoms with Crippen LogP contribution >= 0.6 is 50.8 Å². The predicted molar refractivity (Wildman–Crippen MR) is 131 cm³/mol. The zero-order chi connectivity index (χ0) is 25.3. The molecule has 4 heterocycles. The zero-order valence-electron chi connectivity index (χ0n) is 17.5. The maximum atomic E-state index is 12.9. The zero-order valence-corrected chi connectivity index (χ0v) is 21.6. The van der Waals surface area contributed by atoms with Gasteiger partial charge in [-0.3, -0.25) is 14.5 Å². The van der Waals surface area contributed by atoms with Crippen LogP contribution in [0.3, 0.4) is 0 Å². The van der Waals surface area contributed by atoms with Gasteiger partial charge in [-0.15, -0.1) is 23.1 Å². The second kappa shape index (κ2) is 10.4. The fourth-order valence-electron chi connectivity index (χ4n) is 3.55. The molecule has 0 aliphatic carbocycles. The number of halogens is 1. The molecule has 0 bridgehead atoms. The van der Waals surface area contributed by atoms with Gasteiger partial charge in [0.05, 0.1) is 6.20 Å². The highest BCUT2D eigenvalue weighted by Gasteiger charge is 2.54. The third-order valence-electron chi connectivity index (χ3n) is 5.08. The van der Waals surface area contributed by atoms with Crippen molar-refractivity contribution in [3.63, 3.8) is 0 Å². The Morgan fingerprint density at radius 1 is 1.43 bits per heavy atom. The summed E-state index contributed by atoms with van der Waals surface area (Å²) in [6, 6.07) is 2.00. The third-order valence-corrected chi connectivity index (χ3v) is 9.40. The van der Waals surface area contributed by atoms with Gasteiger partial charge in [0.15, 0.2) is 0 Å². The van der Waals surface area contributed by atoms with Gasteiger partial charge >= 0.3 is 12.0 Å². The number of urea groups is 1. The number of aliphatic carboxylic acids is 1. The number of nitrogens with two attached hydrogens (primary N) is 1. The van der Waals surface area contributed by atoms with Gasteiger partial charge in [0.2, 0.25) is 5.91 Å². The van der Waals surface area contributed by atoms with Gasteiger partial charge < -0.3 is 26.7 Å². The normalized spacial score (nSPS) is 20.0. The van der Waals surface area contributed by atoms with E-state index in [-0.39, 0.29) is 22.2 Å². The van der Waals surface area contributed by atoms with E-state index in [0.717, 1.165) is 16.7 Å². The van der Waals surface area contributed by atoms with E-state index in [1.54, 1.807) is 23.6 Å². The minimum absolute atomic E-state index is 0.150. The SMILES string of the molecule is NC(=O)NC(C(=O)N[C@@H]1C(=O)N2C(C(=O)O)=C(CSc3c(Br)ccn[n+]3[O-])CSC12)c1cccs1. The summed E-state index contributed by atoms with van der Waals surface area (Å²) in [7, 11) is 0. The highest BCUT2D eigenvalue weighted by Crippen LogP contribution is 2.42. The van der Waals surface area contributed by atoms with Gasteiger partial charge in [-0.05, 0) is 55.6 Å². The first kappa shape index (κ1) is 25.3. The van der Waals surface area contributed by atoms with Crippen molar-refractivity contribution in [1.82, 2.24) is 20.6 Å². The lowest BCUT2D eigenvalue weighted by Crippen LogP contribution is -2.71. The molecule has 0 saturated carbocycles. The minimum atomic E-state index is -1.28. The molecule has 2 unspecified atom stereocenters. The smallest absolute Gasteiger partial charge is 0.352 e. The number of aromatic nitrogens is 2. The summed E-state index contributed by atoms with van der Waals surface area (Å²) in [6.45, 7) is 0. The monoisotopic (exact) mass is 600 g/mol. The number of primary amides is 1. The molecule has 3 atom stereocenters. The molecule has 1 fully saturated rings. The van der Waals surface area contributed by atoms with Crippen molar-refractivity contribution in [2.24, 2.45) is 5.73 Å². The van der Waals surface area contributed by atoms with E-state index in [0.29, 0.717) is 19.8 Å². The van der Waals surface area contributed by atoms with E-state index in [1.807, 2.05) is 0 Å². The lowest BCUT2D eigenvalue weighted by atomic mass is 10.0. The first-order chi connectivity index (χ1) is 16.7. The molecule has 4 amide bonds. The Labute approximate surface area is 219 Å². The van der Waals surface area contributed by atoms with Crippen LogP contribution in [0.5, 0.6) is 0 Å². The van der Waals surface area contributed by atoms with Crippen LogP contribution in [-0.2, 0) is 14.4 Å². The van der Waals surface area contributed by atoms with Crippen molar-refractivity contribution >= 4 is 74.6 Å². The topological polar surface area (TPSA) is 182 Å². The molecule has 184 valence electrons. The highest BCUT2D eigenvalue weighted by molar-refractivity contribution is 9.10. The summed E-state index contributed by atoms with van der Waals surface area (Å²) in [4.78, 5) is 51.3. The van der Waals surface area contributed by atoms with Crippen LogP contribution < -0.4 is 21.2 Å². The second-order valence-electron chi connectivity index (χ2n) is 7.26. The number of fused-ring (bicyclic) bond motifs is 1. The Morgan fingerprint density at radius 2 is 2.20 bits per heavy atom. The van der Waals surface area contributed by atoms with Crippen LogP contribution in [0.2, 0.25) is 0 Å². The number of carboxylic acid groups (broad SMARTS) is 1. The number of hydrogen-bond acceptors (Lipinski definition) is 9. The first-order valence-corrected chi connectivity index (χ1v) is 13.6. The van der Waals surface area contributed by atoms with E-state index in [9.17, 15) is 29.5 Å². The number of thioether (sulfide) groups is 2. The standard InChI is InChI=1S/C19H17BrN6O6S3/c20-9-3-4-22-26(32)16(9)34-6-8-7-35-17-12(15(28)25(17)13(8)18(29)30)23-14(27)11(24-19(21)31)10-2-1-5-33-10/h1-5,11-12,17H,6-7H2,(H,23,27)(H,29,30)(H3,21,24,31)/t11?,12-,17?/m1/s1. The quantitative estimate of drug-likeness (QED) is 0.147. The summed E-state index contributed by atoms with van der Waals surface area (Å²) >= 11 is 6.90. The van der Waals surface area contributed by atoms with E-state index < -0.39 is 41.3 Å². The van der Waals surface area contributed by atoms with Crippen LogP contribution in [0.4, 0.5) is 4.79 Å². The van der Waals surface area contributed by atoms with Crippen molar-refractivity contribution in [2.45, 2.75) is 22.5 Å². The summed E-state index contributed by atoms with van der Waals surface area (Å²) in [5.41, 5.74) is 5.49. The third kappa shape index (κ3) is 5.10. The number of thiophene rings is 1. The number of carbonyl (C=O) groups excluding carboxylic acids is 3. The van der Waals surface area contributed by atoms with Crippen LogP contribution in [0, 0.1) is 5.21 Å². The summed E-state index contributed by atoms with van der Waals surface area (Å²) < 4.78 is 0.513. The van der Waals surface area contributed by atoms with Crippen LogP contribution in [0.15, 0.2) is 50.5 Å². The number of nitrogens with one attached hydrogen (secondary N) is 2. The molecular weight excluding hydrogens is 584 g/mol. The number of carboxylic acids is 1. The Bertz CT molecular complexity index is 1210. The highest BCUT2D eigenvalue weighted by atomic mass is 79.9. The second-order valence-corrected chi connectivity index (χ2v) is 11.2. The van der Waals surface area contributed by atoms with Crippen molar-refractivity contribution in [1.29, 1.82) is 0 Å². The number of β-lactam (4-membered cyclic amide) rings is 1. The molecule has 2 aromatic rings. The van der Waals surface area contributed by atoms with Crippen molar-refractivity contribution < 1.29 is 29.1 Å². The van der Waals surface area contributed by atoms with Crippen molar-refractivity contribution in [3.05, 3.63) is 55.6 Å². The molecular formula is C19H17BrN6O6S3. The maximum Gasteiger partial charge on any atom is 0.352 e. The first-order valence-electron chi connectivity index (χ1n) is 9.86. The largest absolute Gasteiger partial charge is 0.593 e. The molecule has 5 N–H and O–H groups in total. The van der Waals surface area contributed by atoms with Crippen LogP contribution in [0.1, 0.15) is 10.9 Å². The van der Waals surface area contributed by atoms with E-state index in [1.165, 1.54) is 29.3 Å². The summed E-state index contributed by atoms with van der Waals surface area (Å²) in [5.74, 6) is -2.07. The molecule has 4 rings (SSSR count). The average molecular weight is 601 g/mol. The molecule has 16 heteroatoms. The van der Waals surface area contributed by atoms with Crippen molar-refractivity contribution in [2.75, 3.05) is 11.5 Å². The fourth-order valence-corrected chi connectivity index (χ4v) is 7.32. The number of rotatable bonds is 8. The maximum absolute atomic E-state index is 12.9. The molecule has 35 heavy (non-hydrogen) atoms. The minimum Gasteiger partial charge on any atom is -0.593 e. The van der Waals surface area contributed by atoms with Crippen molar-refractivity contribution in [3.8, 4) is 0 Å². The van der Waals surface area contributed by atoms with Gasteiger partial charge in [-0.1, -0.05) is 6.07 Å². The molecule has 2 aliphatic rings. The number of nitrogens with zero attached hydrogens (tertiary/aromatic N) is 3. The fraction of sp³-hybridized carbons (Fsp3) is 0.263. The van der Waals surface area contributed by atoms with Crippen LogP contribution in [-0.4, -0.2) is 61.8 Å². The number of amides is 4. The number of hydrogen-bond donors (Lipinski definition) is 4. The van der Waals surface area contributed by atoms with Crippen LogP contribution in [0.25, 0.3) is 0 Å². The lowest BCUT2D eigenvalue weighted by molar-refractivity contribution is -0.707. The Hall–Kier alpha value is -2.82. The molecule has 12 nitrogen and oxygen atoms in total. The Balaban J connectivity index is 1.50. The average Bonchev–Trinajstić information content (AvgIpc) is 3.34. The Morgan fingerprint density at radius 3 is 2.83 bits per heavy atom. The van der Waals surface area contributed by atoms with E-state index in [4.69, 9.17) is 5.73 Å². The molecule has 0 spiro atoms. The molecule has 1 saturated heterocycles. The van der Waals surface area contributed by atoms with Gasteiger partial charge in [-0.2, -0.15) is 0 Å². The predicted octanol–water partition coefficient (Wildman–Crippen LogP) is 0.779. The summed E-state index contributed by atoms with van der Waals surface area (Å²) in [5, 5.41) is 31.7. The molecule has 0 aromatic carbocycles. The van der Waals surface area contributed by atoms with Gasteiger partial charge in [0.25, 0.3) is 10.9 Å². The lowest BCUT2D eigenvalue weighted by Gasteiger charge is -2.49.